The number of carbonyl (C=O) groups is 1. The van der Waals surface area contributed by atoms with Crippen molar-refractivity contribution in [1.82, 2.24) is 10.3 Å². The van der Waals surface area contributed by atoms with Crippen LogP contribution in [0.4, 0.5) is 16.2 Å². The molecule has 0 radical (unpaired) electrons. The molecule has 164 valence electrons. The third kappa shape index (κ3) is 6.01. The van der Waals surface area contributed by atoms with E-state index in [1.165, 1.54) is 0 Å². The first-order valence-electron chi connectivity index (χ1n) is 9.55. The highest BCUT2D eigenvalue weighted by molar-refractivity contribution is 7.86. The largest absolute Gasteiger partial charge is 0.412 e. The highest BCUT2D eigenvalue weighted by atomic mass is 32.2. The zero-order valence-electron chi connectivity index (χ0n) is 16.9. The van der Waals surface area contributed by atoms with Gasteiger partial charge in [0.1, 0.15) is 0 Å². The van der Waals surface area contributed by atoms with Crippen molar-refractivity contribution in [2.45, 2.75) is 11.6 Å². The minimum absolute atomic E-state index is 0. The van der Waals surface area contributed by atoms with E-state index in [9.17, 15) is 9.00 Å². The molecule has 1 unspecified atom stereocenters. The Balaban J connectivity index is 0.00000289. The number of rotatable bonds is 7. The quantitative estimate of drug-likeness (QED) is 0.374. The number of urea groups is 1. The van der Waals surface area contributed by atoms with Crippen molar-refractivity contribution in [3.8, 4) is 11.1 Å². The molecule has 0 saturated heterocycles. The fraction of sp³-hybridized carbons (Fsp3) is 0.0435. The second-order valence-corrected chi connectivity index (χ2v) is 8.72. The van der Waals surface area contributed by atoms with Crippen molar-refractivity contribution < 1.29 is 14.5 Å². The molecule has 2 aromatic carbocycles. The van der Waals surface area contributed by atoms with Gasteiger partial charge in [-0.3, -0.25) is 4.72 Å². The van der Waals surface area contributed by atoms with Crippen LogP contribution in [0.3, 0.4) is 0 Å². The lowest BCUT2D eigenvalue weighted by Crippen LogP contribution is -2.27. The Morgan fingerprint density at radius 3 is 2.38 bits per heavy atom. The average molecular weight is 467 g/mol. The van der Waals surface area contributed by atoms with Gasteiger partial charge < -0.3 is 16.1 Å². The smallest absolute Gasteiger partial charge is 0.319 e. The number of hydrogen-bond acceptors (Lipinski definition) is 4. The predicted octanol–water partition coefficient (Wildman–Crippen LogP) is 4.44. The van der Waals surface area contributed by atoms with E-state index in [1.54, 1.807) is 41.8 Å². The summed E-state index contributed by atoms with van der Waals surface area (Å²) in [6.07, 6.45) is 1.63. The topological polar surface area (TPSA) is 115 Å². The van der Waals surface area contributed by atoms with Gasteiger partial charge in [0, 0.05) is 28.0 Å². The summed E-state index contributed by atoms with van der Waals surface area (Å²) in [6, 6.07) is 24.1. The van der Waals surface area contributed by atoms with Crippen molar-refractivity contribution >= 4 is 39.7 Å². The molecule has 2 aromatic heterocycles. The van der Waals surface area contributed by atoms with Crippen LogP contribution < -0.4 is 15.4 Å². The van der Waals surface area contributed by atoms with Crippen LogP contribution in [-0.2, 0) is 17.5 Å². The van der Waals surface area contributed by atoms with Gasteiger partial charge in [-0.25, -0.2) is 14.0 Å². The van der Waals surface area contributed by atoms with Crippen LogP contribution >= 0.6 is 11.3 Å². The number of hydrogen-bond donors (Lipinski definition) is 3. The molecule has 1 atom stereocenters. The van der Waals surface area contributed by atoms with E-state index < -0.39 is 11.0 Å². The summed E-state index contributed by atoms with van der Waals surface area (Å²) >= 11 is 1.59. The summed E-state index contributed by atoms with van der Waals surface area (Å²) in [5, 5.41) is 8.03. The third-order valence-electron chi connectivity index (χ3n) is 4.39. The Bertz CT molecular complexity index is 1170. The van der Waals surface area contributed by atoms with Gasteiger partial charge >= 0.3 is 6.03 Å². The Labute approximate surface area is 192 Å². The second kappa shape index (κ2) is 11.2. The molecule has 7 nitrogen and oxygen atoms in total. The molecular weight excluding hydrogens is 444 g/mol. The number of pyridine rings is 1. The second-order valence-electron chi connectivity index (χ2n) is 6.56. The van der Waals surface area contributed by atoms with Crippen molar-refractivity contribution in [3.63, 3.8) is 0 Å². The van der Waals surface area contributed by atoms with Crippen LogP contribution in [0.2, 0.25) is 0 Å². The molecule has 0 saturated carbocycles. The number of carbonyl (C=O) groups excluding carboxylic acids is 1. The van der Waals surface area contributed by atoms with Crippen molar-refractivity contribution in [3.05, 3.63) is 95.3 Å². The average Bonchev–Trinajstić information content (AvgIpc) is 3.33. The van der Waals surface area contributed by atoms with Gasteiger partial charge in [-0.05, 0) is 53.4 Å². The lowest BCUT2D eigenvalue weighted by Gasteiger charge is -2.11. The van der Waals surface area contributed by atoms with Crippen molar-refractivity contribution in [1.29, 1.82) is 0 Å². The molecule has 0 fully saturated rings. The maximum absolute atomic E-state index is 12.9. The molecule has 2 heterocycles. The van der Waals surface area contributed by atoms with E-state index in [1.807, 2.05) is 60.0 Å². The zero-order valence-corrected chi connectivity index (χ0v) is 18.6. The first-order chi connectivity index (χ1) is 15.2. The molecule has 0 bridgehead atoms. The van der Waals surface area contributed by atoms with Gasteiger partial charge in [0.15, 0.2) is 16.0 Å². The highest BCUT2D eigenvalue weighted by Gasteiger charge is 2.13. The fourth-order valence-electron chi connectivity index (χ4n) is 2.91. The molecule has 5 N–H and O–H groups in total. The van der Waals surface area contributed by atoms with Gasteiger partial charge in [-0.15, -0.1) is 11.3 Å². The molecule has 32 heavy (non-hydrogen) atoms. The SMILES string of the molecule is O.O=C(NCc1cccs1)Nc1ccc(NS(=O)c2ncccc2-c2ccccc2)cc1. The van der Waals surface area contributed by atoms with Crippen molar-refractivity contribution in [2.75, 3.05) is 10.0 Å². The number of benzene rings is 2. The number of nitrogens with zero attached hydrogens (tertiary/aromatic N) is 1. The van der Waals surface area contributed by atoms with Gasteiger partial charge in [0.2, 0.25) is 0 Å². The van der Waals surface area contributed by atoms with Crippen LogP contribution in [0.25, 0.3) is 11.1 Å². The Morgan fingerprint density at radius 1 is 0.906 bits per heavy atom. The van der Waals surface area contributed by atoms with Crippen LogP contribution in [-0.4, -0.2) is 20.7 Å². The van der Waals surface area contributed by atoms with Crippen LogP contribution in [0.1, 0.15) is 4.88 Å². The van der Waals surface area contributed by atoms with Crippen LogP contribution in [0.5, 0.6) is 0 Å². The van der Waals surface area contributed by atoms with E-state index in [0.717, 1.165) is 16.0 Å². The molecule has 9 heteroatoms. The molecular formula is C23H22N4O3S2. The lowest BCUT2D eigenvalue weighted by molar-refractivity contribution is 0.252. The monoisotopic (exact) mass is 466 g/mol. The van der Waals surface area contributed by atoms with E-state index in [2.05, 4.69) is 20.3 Å². The van der Waals surface area contributed by atoms with E-state index >= 15 is 0 Å². The molecule has 2 amide bonds. The van der Waals surface area contributed by atoms with E-state index in [0.29, 0.717) is 22.9 Å². The number of aromatic nitrogens is 1. The predicted molar refractivity (Wildman–Crippen MR) is 130 cm³/mol. The number of thiophene rings is 1. The van der Waals surface area contributed by atoms with Gasteiger partial charge in [-0.1, -0.05) is 36.4 Å². The van der Waals surface area contributed by atoms with Gasteiger partial charge in [-0.2, -0.15) is 0 Å². The Kier molecular flexibility index (Phi) is 8.09. The molecule has 0 spiro atoms. The molecule has 4 aromatic rings. The number of anilines is 2. The minimum atomic E-state index is -1.54. The summed E-state index contributed by atoms with van der Waals surface area (Å²) < 4.78 is 15.9. The Hall–Kier alpha value is -3.53. The maximum atomic E-state index is 12.9. The first kappa shape index (κ1) is 23.1. The summed E-state index contributed by atoms with van der Waals surface area (Å²) in [5.74, 6) is 0. The van der Waals surface area contributed by atoms with Crippen LogP contribution in [0, 0.1) is 0 Å². The van der Waals surface area contributed by atoms with E-state index in [4.69, 9.17) is 0 Å². The van der Waals surface area contributed by atoms with Gasteiger partial charge in [0.05, 0.1) is 6.54 Å². The summed E-state index contributed by atoms with van der Waals surface area (Å²) in [7, 11) is -1.54. The highest BCUT2D eigenvalue weighted by Crippen LogP contribution is 2.25. The first-order valence-corrected chi connectivity index (χ1v) is 11.6. The van der Waals surface area contributed by atoms with Crippen LogP contribution in [0.15, 0.2) is 95.5 Å². The molecule has 4 rings (SSSR count). The summed E-state index contributed by atoms with van der Waals surface area (Å²) in [4.78, 5) is 17.4. The van der Waals surface area contributed by atoms with E-state index in [-0.39, 0.29) is 11.5 Å². The fourth-order valence-corrected chi connectivity index (χ4v) is 4.54. The maximum Gasteiger partial charge on any atom is 0.319 e. The standard InChI is InChI=1S/C23H20N4O2S2.H2O/c28-23(25-16-20-8-5-15-30-20)26-18-10-12-19(13-11-18)27-31(29)22-21(9-4-14-24-22)17-6-2-1-3-7-17;/h1-15,27H,16H2,(H2,25,26,28);1H2. The number of amides is 2. The third-order valence-corrected chi connectivity index (χ3v) is 6.36. The molecule has 0 aliphatic rings. The molecule has 0 aliphatic heterocycles. The minimum Gasteiger partial charge on any atom is -0.412 e. The summed E-state index contributed by atoms with van der Waals surface area (Å²) in [5.41, 5.74) is 3.07. The normalized spacial score (nSPS) is 11.1. The molecule has 0 aliphatic carbocycles. The summed E-state index contributed by atoms with van der Waals surface area (Å²) in [6.45, 7) is 0.482. The van der Waals surface area contributed by atoms with Gasteiger partial charge in [0.25, 0.3) is 0 Å². The van der Waals surface area contributed by atoms with Crippen molar-refractivity contribution in [2.24, 2.45) is 0 Å². The number of nitrogens with one attached hydrogen (secondary N) is 3. The Morgan fingerprint density at radius 2 is 1.66 bits per heavy atom. The lowest BCUT2D eigenvalue weighted by atomic mass is 10.1. The zero-order chi connectivity index (χ0) is 21.5.